The first kappa shape index (κ1) is 18.7. The normalized spacial score (nSPS) is 13.6. The third kappa shape index (κ3) is 3.82. The summed E-state index contributed by atoms with van der Waals surface area (Å²) >= 11 is 0. The molecule has 8 heteroatoms. The molecule has 0 spiro atoms. The molecule has 0 radical (unpaired) electrons. The number of phenolic OH excluding ortho intramolecular Hbond substituents is 1. The zero-order chi connectivity index (χ0) is 20.4. The van der Waals surface area contributed by atoms with Gasteiger partial charge in [-0.05, 0) is 49.2 Å². The summed E-state index contributed by atoms with van der Waals surface area (Å²) in [6.07, 6.45) is 3.54. The number of nitrogen functional groups attached to an aromatic ring is 1. The highest BCUT2D eigenvalue weighted by atomic mass is 16.3. The van der Waals surface area contributed by atoms with Gasteiger partial charge in [0.05, 0.1) is 5.52 Å². The van der Waals surface area contributed by atoms with Gasteiger partial charge in [0, 0.05) is 41.7 Å². The number of phenols is 1. The van der Waals surface area contributed by atoms with Gasteiger partial charge in [0.2, 0.25) is 0 Å². The van der Waals surface area contributed by atoms with E-state index in [4.69, 9.17) is 11.1 Å². The fourth-order valence-electron chi connectivity index (χ4n) is 3.51. The Morgan fingerprint density at radius 1 is 1.14 bits per heavy atom. The highest BCUT2D eigenvalue weighted by molar-refractivity contribution is 6.00. The predicted molar refractivity (Wildman–Crippen MR) is 111 cm³/mol. The summed E-state index contributed by atoms with van der Waals surface area (Å²) < 4.78 is 0. The summed E-state index contributed by atoms with van der Waals surface area (Å²) in [6.45, 7) is 1.90. The zero-order valence-corrected chi connectivity index (χ0v) is 15.9. The van der Waals surface area contributed by atoms with Crippen molar-refractivity contribution in [1.82, 2.24) is 14.9 Å². The third-order valence-corrected chi connectivity index (χ3v) is 5.11. The lowest BCUT2D eigenvalue weighted by molar-refractivity contribution is 0.0793. The van der Waals surface area contributed by atoms with Gasteiger partial charge >= 0.3 is 0 Å². The van der Waals surface area contributed by atoms with Crippen LogP contribution < -0.4 is 11.1 Å². The maximum Gasteiger partial charge on any atom is 0.253 e. The number of benzene rings is 2. The Kier molecular flexibility index (Phi) is 4.99. The quantitative estimate of drug-likeness (QED) is 0.391. The topological polar surface area (TPSA) is 128 Å². The van der Waals surface area contributed by atoms with Gasteiger partial charge in [0.1, 0.15) is 23.7 Å². The fraction of sp³-hybridized carbons (Fsp3) is 0.238. The van der Waals surface area contributed by atoms with Gasteiger partial charge < -0.3 is 21.1 Å². The number of nitrogens with two attached hydrogens (primary N) is 1. The number of carbonyl (C=O) groups is 1. The van der Waals surface area contributed by atoms with Crippen LogP contribution in [0.15, 0.2) is 42.7 Å². The van der Waals surface area contributed by atoms with Crippen LogP contribution in [0, 0.1) is 5.41 Å². The van der Waals surface area contributed by atoms with Gasteiger partial charge in [-0.2, -0.15) is 0 Å². The first-order valence-electron chi connectivity index (χ1n) is 9.47. The lowest BCUT2D eigenvalue weighted by Gasteiger charge is -2.16. The Balaban J connectivity index is 1.58. The SMILES string of the molecule is N=C(N)c1ccc(O)c(CNc2ncnc3cc(C(=O)N4CCCC4)ccc23)c1. The summed E-state index contributed by atoms with van der Waals surface area (Å²) in [7, 11) is 0. The summed E-state index contributed by atoms with van der Waals surface area (Å²) in [5, 5.41) is 21.6. The number of fused-ring (bicyclic) bond motifs is 1. The van der Waals surface area contributed by atoms with Crippen molar-refractivity contribution in [3.8, 4) is 5.75 Å². The van der Waals surface area contributed by atoms with E-state index >= 15 is 0 Å². The Bertz CT molecular complexity index is 1090. The van der Waals surface area contributed by atoms with E-state index in [1.807, 2.05) is 11.0 Å². The molecule has 0 aliphatic carbocycles. The Labute approximate surface area is 167 Å². The maximum atomic E-state index is 12.6. The van der Waals surface area contributed by atoms with Crippen molar-refractivity contribution >= 4 is 28.5 Å². The van der Waals surface area contributed by atoms with Crippen molar-refractivity contribution in [3.63, 3.8) is 0 Å². The van der Waals surface area contributed by atoms with Crippen LogP contribution in [0.5, 0.6) is 5.75 Å². The molecule has 5 N–H and O–H groups in total. The second-order valence-electron chi connectivity index (χ2n) is 7.06. The van der Waals surface area contributed by atoms with Crippen molar-refractivity contribution in [2.75, 3.05) is 18.4 Å². The molecule has 4 rings (SSSR count). The van der Waals surface area contributed by atoms with Crippen molar-refractivity contribution in [2.24, 2.45) is 5.73 Å². The molecule has 1 fully saturated rings. The number of rotatable bonds is 5. The van der Waals surface area contributed by atoms with Gasteiger partial charge in [0.15, 0.2) is 0 Å². The Hall–Kier alpha value is -3.68. The molecule has 1 aliphatic heterocycles. The number of anilines is 1. The van der Waals surface area contributed by atoms with Gasteiger partial charge in [-0.3, -0.25) is 10.2 Å². The Morgan fingerprint density at radius 2 is 1.90 bits per heavy atom. The van der Waals surface area contributed by atoms with E-state index in [0.29, 0.717) is 34.6 Å². The maximum absolute atomic E-state index is 12.6. The van der Waals surface area contributed by atoms with Crippen LogP contribution in [0.3, 0.4) is 0 Å². The minimum Gasteiger partial charge on any atom is -0.508 e. The van der Waals surface area contributed by atoms with E-state index in [1.54, 1.807) is 24.3 Å². The number of nitrogens with zero attached hydrogens (tertiary/aromatic N) is 3. The predicted octanol–water partition coefficient (Wildman–Crippen LogP) is 2.47. The number of nitrogens with one attached hydrogen (secondary N) is 2. The standard InChI is InChI=1S/C21H22N6O2/c22-19(23)13-4-6-18(28)15(9-13)11-24-20-16-5-3-14(10-17(16)25-12-26-20)21(29)27-7-1-2-8-27/h3-6,9-10,12,28H,1-2,7-8,11H2,(H3,22,23)(H,24,25,26). The number of amidine groups is 1. The molecule has 2 heterocycles. The smallest absolute Gasteiger partial charge is 0.253 e. The van der Waals surface area contributed by atoms with Crippen LogP contribution in [0.25, 0.3) is 10.9 Å². The van der Waals surface area contributed by atoms with Crippen LogP contribution in [0.1, 0.15) is 34.3 Å². The molecule has 29 heavy (non-hydrogen) atoms. The molecular weight excluding hydrogens is 368 g/mol. The number of hydrogen-bond acceptors (Lipinski definition) is 6. The van der Waals surface area contributed by atoms with Crippen LogP contribution >= 0.6 is 0 Å². The Morgan fingerprint density at radius 3 is 2.66 bits per heavy atom. The van der Waals surface area contributed by atoms with E-state index in [1.165, 1.54) is 12.4 Å². The second kappa shape index (κ2) is 7.75. The highest BCUT2D eigenvalue weighted by Crippen LogP contribution is 2.24. The van der Waals surface area contributed by atoms with Crippen LogP contribution in [0.4, 0.5) is 5.82 Å². The first-order chi connectivity index (χ1) is 14.0. The van der Waals surface area contributed by atoms with Gasteiger partial charge in [0.25, 0.3) is 5.91 Å². The highest BCUT2D eigenvalue weighted by Gasteiger charge is 2.20. The number of aromatic nitrogens is 2. The number of carbonyl (C=O) groups excluding carboxylic acids is 1. The van der Waals surface area contributed by atoms with Gasteiger partial charge in [-0.25, -0.2) is 9.97 Å². The van der Waals surface area contributed by atoms with E-state index in [9.17, 15) is 9.90 Å². The monoisotopic (exact) mass is 390 g/mol. The molecule has 148 valence electrons. The number of amides is 1. The van der Waals surface area contributed by atoms with Gasteiger partial charge in [-0.1, -0.05) is 0 Å². The molecule has 1 amide bonds. The molecule has 8 nitrogen and oxygen atoms in total. The van der Waals surface area contributed by atoms with E-state index in [0.717, 1.165) is 31.3 Å². The van der Waals surface area contributed by atoms with Crippen molar-refractivity contribution in [2.45, 2.75) is 19.4 Å². The molecule has 3 aromatic rings. The minimum atomic E-state index is -0.0612. The minimum absolute atomic E-state index is 0.0310. The molecule has 1 aromatic heterocycles. The molecule has 0 atom stereocenters. The lowest BCUT2D eigenvalue weighted by atomic mass is 10.1. The van der Waals surface area contributed by atoms with Crippen molar-refractivity contribution in [1.29, 1.82) is 5.41 Å². The number of hydrogen-bond donors (Lipinski definition) is 4. The van der Waals surface area contributed by atoms with Crippen LogP contribution in [0.2, 0.25) is 0 Å². The van der Waals surface area contributed by atoms with Crippen molar-refractivity contribution in [3.05, 3.63) is 59.4 Å². The number of likely N-dealkylation sites (tertiary alicyclic amines) is 1. The number of aromatic hydroxyl groups is 1. The average Bonchev–Trinajstić information content (AvgIpc) is 3.27. The van der Waals surface area contributed by atoms with E-state index in [2.05, 4.69) is 15.3 Å². The molecule has 0 bridgehead atoms. The molecular formula is C21H22N6O2. The van der Waals surface area contributed by atoms with Crippen molar-refractivity contribution < 1.29 is 9.90 Å². The third-order valence-electron chi connectivity index (χ3n) is 5.11. The van der Waals surface area contributed by atoms with E-state index in [-0.39, 0.29) is 17.5 Å². The fourth-order valence-corrected chi connectivity index (χ4v) is 3.51. The molecule has 1 saturated heterocycles. The average molecular weight is 390 g/mol. The van der Waals surface area contributed by atoms with Gasteiger partial charge in [-0.15, -0.1) is 0 Å². The molecule has 2 aromatic carbocycles. The zero-order valence-electron chi connectivity index (χ0n) is 15.9. The summed E-state index contributed by atoms with van der Waals surface area (Å²) in [5.41, 5.74) is 7.97. The van der Waals surface area contributed by atoms with Crippen LogP contribution in [-0.2, 0) is 6.54 Å². The lowest BCUT2D eigenvalue weighted by Crippen LogP contribution is -2.27. The van der Waals surface area contributed by atoms with Crippen LogP contribution in [-0.4, -0.2) is 44.8 Å². The summed E-state index contributed by atoms with van der Waals surface area (Å²) in [5.74, 6) is 0.680. The van der Waals surface area contributed by atoms with E-state index < -0.39 is 0 Å². The summed E-state index contributed by atoms with van der Waals surface area (Å²) in [4.78, 5) is 23.1. The second-order valence-corrected chi connectivity index (χ2v) is 7.06. The molecule has 0 unspecified atom stereocenters. The largest absolute Gasteiger partial charge is 0.508 e. The first-order valence-corrected chi connectivity index (χ1v) is 9.47. The molecule has 0 saturated carbocycles. The summed E-state index contributed by atoms with van der Waals surface area (Å²) in [6, 6.07) is 10.2. The molecule has 1 aliphatic rings.